The van der Waals surface area contributed by atoms with Gasteiger partial charge in [-0.1, -0.05) is 0 Å². The van der Waals surface area contributed by atoms with Crippen molar-refractivity contribution in [2.75, 3.05) is 31.2 Å². The van der Waals surface area contributed by atoms with Crippen molar-refractivity contribution >= 4 is 29.6 Å². The van der Waals surface area contributed by atoms with E-state index in [-0.39, 0.29) is 12.1 Å². The van der Waals surface area contributed by atoms with Crippen LogP contribution in [0.5, 0.6) is 0 Å². The highest BCUT2D eigenvalue weighted by Crippen LogP contribution is 2.20. The Hall–Kier alpha value is -1.89. The Balaban J connectivity index is 1.71. The number of urea groups is 1. The summed E-state index contributed by atoms with van der Waals surface area (Å²) < 4.78 is 5.24. The van der Waals surface area contributed by atoms with E-state index >= 15 is 0 Å². The van der Waals surface area contributed by atoms with Crippen LogP contribution in [-0.4, -0.2) is 48.5 Å². The second-order valence-electron chi connectivity index (χ2n) is 7.47. The van der Waals surface area contributed by atoms with Gasteiger partial charge in [-0.2, -0.15) is 0 Å². The number of carbonyl (C=O) groups excluding carboxylic acids is 2. The summed E-state index contributed by atoms with van der Waals surface area (Å²) in [7, 11) is 0. The minimum atomic E-state index is -0.487. The van der Waals surface area contributed by atoms with Crippen LogP contribution in [0.2, 0.25) is 0 Å². The number of hydrogen-bond acceptors (Lipinski definition) is 4. The number of nitrogens with one attached hydrogen (secondary N) is 2. The molecule has 2 rings (SSSR count). The van der Waals surface area contributed by atoms with E-state index < -0.39 is 5.60 Å². The Morgan fingerprint density at radius 1 is 1.19 bits per heavy atom. The van der Waals surface area contributed by atoms with E-state index in [0.29, 0.717) is 25.6 Å². The number of likely N-dealkylation sites (tertiary alicyclic amines) is 1. The molecule has 1 aliphatic heterocycles. The van der Waals surface area contributed by atoms with Crippen molar-refractivity contribution in [1.29, 1.82) is 0 Å². The van der Waals surface area contributed by atoms with Crippen LogP contribution in [0.4, 0.5) is 15.3 Å². The van der Waals surface area contributed by atoms with E-state index in [9.17, 15) is 9.59 Å². The molecular formula is C19H29N3O3S. The van der Waals surface area contributed by atoms with Crippen molar-refractivity contribution in [3.63, 3.8) is 0 Å². The molecular weight excluding hydrogens is 350 g/mol. The summed E-state index contributed by atoms with van der Waals surface area (Å²) in [5, 5.41) is 5.76. The lowest BCUT2D eigenvalue weighted by Gasteiger charge is -2.32. The van der Waals surface area contributed by atoms with Crippen molar-refractivity contribution < 1.29 is 14.3 Å². The molecule has 0 unspecified atom stereocenters. The maximum Gasteiger partial charge on any atom is 0.407 e. The Labute approximate surface area is 160 Å². The first kappa shape index (κ1) is 20.4. The zero-order valence-corrected chi connectivity index (χ0v) is 16.8. The summed E-state index contributed by atoms with van der Waals surface area (Å²) in [6, 6.07) is 7.76. The number of amides is 3. The van der Waals surface area contributed by atoms with Crippen molar-refractivity contribution in [2.45, 2.75) is 44.1 Å². The standard InChI is InChI=1S/C19H29N3O3S/c1-19(2,3)25-18(24)20-13-14-9-11-22(12-10-14)17(23)21-15-5-7-16(26-4)8-6-15/h5-8,14H,9-13H2,1-4H3,(H,20,24)(H,21,23). The molecule has 1 heterocycles. The highest BCUT2D eigenvalue weighted by Gasteiger charge is 2.24. The van der Waals surface area contributed by atoms with Gasteiger partial charge in [-0.25, -0.2) is 9.59 Å². The topological polar surface area (TPSA) is 70.7 Å². The van der Waals surface area contributed by atoms with E-state index in [4.69, 9.17) is 4.74 Å². The molecule has 144 valence electrons. The lowest BCUT2D eigenvalue weighted by molar-refractivity contribution is 0.0512. The van der Waals surface area contributed by atoms with Crippen molar-refractivity contribution in [2.24, 2.45) is 5.92 Å². The van der Waals surface area contributed by atoms with Crippen LogP contribution >= 0.6 is 11.8 Å². The largest absolute Gasteiger partial charge is 0.444 e. The Morgan fingerprint density at radius 2 is 1.81 bits per heavy atom. The first-order valence-corrected chi connectivity index (χ1v) is 10.2. The smallest absolute Gasteiger partial charge is 0.407 e. The van der Waals surface area contributed by atoms with Gasteiger partial charge in [0, 0.05) is 30.2 Å². The normalized spacial score (nSPS) is 15.5. The minimum absolute atomic E-state index is 0.0690. The third-order valence-corrected chi connectivity index (χ3v) is 4.92. The summed E-state index contributed by atoms with van der Waals surface area (Å²) in [6.45, 7) is 7.50. The molecule has 0 bridgehead atoms. The molecule has 1 fully saturated rings. The first-order chi connectivity index (χ1) is 12.3. The molecule has 26 heavy (non-hydrogen) atoms. The number of carbonyl (C=O) groups is 2. The fourth-order valence-corrected chi connectivity index (χ4v) is 3.17. The molecule has 1 aromatic carbocycles. The van der Waals surface area contributed by atoms with Crippen molar-refractivity contribution in [3.05, 3.63) is 24.3 Å². The molecule has 0 aromatic heterocycles. The number of nitrogens with zero attached hydrogens (tertiary/aromatic N) is 1. The molecule has 2 N–H and O–H groups in total. The van der Waals surface area contributed by atoms with Gasteiger partial charge in [-0.15, -0.1) is 11.8 Å². The summed E-state index contributed by atoms with van der Waals surface area (Å²) in [5.74, 6) is 0.368. The molecule has 0 aliphatic carbocycles. The number of thioether (sulfide) groups is 1. The highest BCUT2D eigenvalue weighted by atomic mass is 32.2. The SMILES string of the molecule is CSc1ccc(NC(=O)N2CCC(CNC(=O)OC(C)(C)C)CC2)cc1. The second-order valence-corrected chi connectivity index (χ2v) is 8.35. The lowest BCUT2D eigenvalue weighted by Crippen LogP contribution is -2.43. The third kappa shape index (κ3) is 6.78. The number of ether oxygens (including phenoxy) is 1. The average Bonchev–Trinajstić information content (AvgIpc) is 2.59. The van der Waals surface area contributed by atoms with E-state index in [2.05, 4.69) is 10.6 Å². The summed E-state index contributed by atoms with van der Waals surface area (Å²) >= 11 is 1.67. The fourth-order valence-electron chi connectivity index (χ4n) is 2.76. The maximum absolute atomic E-state index is 12.4. The highest BCUT2D eigenvalue weighted by molar-refractivity contribution is 7.98. The fraction of sp³-hybridized carbons (Fsp3) is 0.579. The van der Waals surface area contributed by atoms with E-state index in [1.54, 1.807) is 11.8 Å². The predicted octanol–water partition coefficient (Wildman–Crippen LogP) is 4.18. The molecule has 7 heteroatoms. The van der Waals surface area contributed by atoms with Crippen LogP contribution in [0, 0.1) is 5.92 Å². The quantitative estimate of drug-likeness (QED) is 0.770. The van der Waals surface area contributed by atoms with Gasteiger partial charge in [0.2, 0.25) is 0 Å². The van der Waals surface area contributed by atoms with Crippen LogP contribution in [0.15, 0.2) is 29.2 Å². The molecule has 1 aliphatic rings. The van der Waals surface area contributed by atoms with Gasteiger partial charge < -0.3 is 20.3 Å². The summed E-state index contributed by atoms with van der Waals surface area (Å²) in [5.41, 5.74) is 0.320. The summed E-state index contributed by atoms with van der Waals surface area (Å²) in [4.78, 5) is 27.1. The molecule has 0 spiro atoms. The van der Waals surface area contributed by atoms with E-state index in [0.717, 1.165) is 18.5 Å². The van der Waals surface area contributed by atoms with Gasteiger partial charge >= 0.3 is 12.1 Å². The maximum atomic E-state index is 12.4. The summed E-state index contributed by atoms with van der Waals surface area (Å²) in [6.07, 6.45) is 3.38. The van der Waals surface area contributed by atoms with E-state index in [1.165, 1.54) is 4.90 Å². The number of piperidine rings is 1. The van der Waals surface area contributed by atoms with Gasteiger partial charge in [0.25, 0.3) is 0 Å². The molecule has 1 aromatic rings. The Morgan fingerprint density at radius 3 is 2.35 bits per heavy atom. The molecule has 0 radical (unpaired) electrons. The first-order valence-electron chi connectivity index (χ1n) is 8.93. The van der Waals surface area contributed by atoms with Gasteiger partial charge in [-0.3, -0.25) is 0 Å². The van der Waals surface area contributed by atoms with Crippen LogP contribution in [0.25, 0.3) is 0 Å². The van der Waals surface area contributed by atoms with Crippen molar-refractivity contribution in [3.8, 4) is 0 Å². The van der Waals surface area contributed by atoms with Crippen molar-refractivity contribution in [1.82, 2.24) is 10.2 Å². The Bertz CT molecular complexity index is 605. The number of benzene rings is 1. The molecule has 0 saturated carbocycles. The van der Waals surface area contributed by atoms with E-state index in [1.807, 2.05) is 56.2 Å². The van der Waals surface area contributed by atoms with Gasteiger partial charge in [0.1, 0.15) is 5.60 Å². The zero-order chi connectivity index (χ0) is 19.2. The van der Waals surface area contributed by atoms with Crippen LogP contribution < -0.4 is 10.6 Å². The van der Waals surface area contributed by atoms with Gasteiger partial charge in [0.15, 0.2) is 0 Å². The van der Waals surface area contributed by atoms with Gasteiger partial charge in [0.05, 0.1) is 0 Å². The average molecular weight is 380 g/mol. The molecule has 1 saturated heterocycles. The molecule has 0 atom stereocenters. The second kappa shape index (κ2) is 9.16. The van der Waals surface area contributed by atoms with Crippen LogP contribution in [0.1, 0.15) is 33.6 Å². The van der Waals surface area contributed by atoms with Crippen LogP contribution in [0.3, 0.4) is 0 Å². The molecule has 3 amide bonds. The monoisotopic (exact) mass is 379 g/mol. The Kier molecular flexibility index (Phi) is 7.20. The third-order valence-electron chi connectivity index (χ3n) is 4.18. The predicted molar refractivity (Wildman–Crippen MR) is 106 cm³/mol. The van der Waals surface area contributed by atoms with Crippen LogP contribution in [-0.2, 0) is 4.74 Å². The lowest BCUT2D eigenvalue weighted by atomic mass is 9.97. The number of rotatable bonds is 4. The van der Waals surface area contributed by atoms with Gasteiger partial charge in [-0.05, 0) is 70.1 Å². The zero-order valence-electron chi connectivity index (χ0n) is 16.0. The number of alkyl carbamates (subject to hydrolysis) is 1. The number of hydrogen-bond donors (Lipinski definition) is 2. The molecule has 6 nitrogen and oxygen atoms in total. The minimum Gasteiger partial charge on any atom is -0.444 e. The number of anilines is 1.